The van der Waals surface area contributed by atoms with Crippen LogP contribution >= 0.6 is 0 Å². The van der Waals surface area contributed by atoms with Crippen molar-refractivity contribution < 1.29 is 4.79 Å². The first-order valence-electron chi connectivity index (χ1n) is 3.21. The average molecular weight is 131 g/mol. The van der Waals surface area contributed by atoms with Gasteiger partial charge in [-0.1, -0.05) is 36.6 Å². The number of aldehydes is 1. The maximum Gasteiger partial charge on any atom is 0.150 e. The molecule has 0 amide bonds. The second kappa shape index (κ2) is 3.21. The number of carbonyl (C=O) groups excluding carboxylic acids is 1. The summed E-state index contributed by atoms with van der Waals surface area (Å²) in [6, 6.07) is 7.46. The lowest BCUT2D eigenvalue weighted by atomic mass is 9.73. The van der Waals surface area contributed by atoms with Gasteiger partial charge in [0.1, 0.15) is 13.6 Å². The van der Waals surface area contributed by atoms with Crippen LogP contribution in [0.4, 0.5) is 0 Å². The van der Waals surface area contributed by atoms with Gasteiger partial charge in [-0.25, -0.2) is 0 Å². The Morgan fingerprint density at radius 3 is 2.30 bits per heavy atom. The third-order valence-corrected chi connectivity index (χ3v) is 1.41. The van der Waals surface area contributed by atoms with Gasteiger partial charge in [-0.05, 0) is 0 Å². The smallest absolute Gasteiger partial charge is 0.150 e. The van der Waals surface area contributed by atoms with E-state index in [1.807, 2.05) is 38.4 Å². The van der Waals surface area contributed by atoms with Crippen molar-refractivity contribution in [2.75, 3.05) is 0 Å². The van der Waals surface area contributed by atoms with E-state index < -0.39 is 0 Å². The van der Waals surface area contributed by atoms with E-state index in [4.69, 9.17) is 0 Å². The molecular weight excluding hydrogens is 123 g/mol. The molecule has 0 heterocycles. The molecule has 10 heavy (non-hydrogen) atoms. The molecular formula is C8H8BO. The minimum atomic E-state index is 0.727. The molecule has 0 aliphatic carbocycles. The molecule has 1 nitrogen and oxygen atoms in total. The van der Waals surface area contributed by atoms with Crippen LogP contribution in [0.1, 0.15) is 10.4 Å². The lowest BCUT2D eigenvalue weighted by Crippen LogP contribution is -2.08. The van der Waals surface area contributed by atoms with Crippen LogP contribution in [0, 0.1) is 0 Å². The molecule has 0 bridgehead atoms. The van der Waals surface area contributed by atoms with Gasteiger partial charge < -0.3 is 0 Å². The Morgan fingerprint density at radius 2 is 1.90 bits per heavy atom. The molecule has 1 aromatic carbocycles. The Labute approximate surface area is 61.3 Å². The van der Waals surface area contributed by atoms with Crippen molar-refractivity contribution >= 4 is 19.0 Å². The number of carbonyl (C=O) groups is 1. The van der Waals surface area contributed by atoms with Gasteiger partial charge in [0.15, 0.2) is 0 Å². The van der Waals surface area contributed by atoms with E-state index in [1.54, 1.807) is 0 Å². The minimum Gasteiger partial charge on any atom is -0.298 e. The average Bonchev–Trinajstić information content (AvgIpc) is 2.05. The standard InChI is InChI=1S/C8H8BO/c1-9-8-4-2-7(6-10)3-5-8/h2-6H,1H3. The number of hydrogen-bond donors (Lipinski definition) is 0. The van der Waals surface area contributed by atoms with Crippen LogP contribution < -0.4 is 5.46 Å². The summed E-state index contributed by atoms with van der Waals surface area (Å²) >= 11 is 0. The van der Waals surface area contributed by atoms with Crippen LogP contribution in [0.5, 0.6) is 0 Å². The molecule has 0 N–H and O–H groups in total. The molecule has 1 rings (SSSR count). The maximum absolute atomic E-state index is 10.2. The summed E-state index contributed by atoms with van der Waals surface area (Å²) in [6.07, 6.45) is 0.847. The van der Waals surface area contributed by atoms with Crippen LogP contribution in [0.25, 0.3) is 0 Å². The van der Waals surface area contributed by atoms with Crippen LogP contribution in [0.15, 0.2) is 24.3 Å². The summed E-state index contributed by atoms with van der Waals surface area (Å²) in [5.41, 5.74) is 1.87. The summed E-state index contributed by atoms with van der Waals surface area (Å²) in [5.74, 6) is 0. The number of benzene rings is 1. The predicted octanol–water partition coefficient (Wildman–Crippen LogP) is 0.877. The Balaban J connectivity index is 2.90. The quantitative estimate of drug-likeness (QED) is 0.430. The van der Waals surface area contributed by atoms with E-state index in [0.717, 1.165) is 17.3 Å². The zero-order valence-corrected chi connectivity index (χ0v) is 5.87. The highest BCUT2D eigenvalue weighted by molar-refractivity contribution is 6.51. The SMILES string of the molecule is C[B]c1ccc(C=O)cc1. The van der Waals surface area contributed by atoms with Crippen LogP contribution in [-0.4, -0.2) is 13.6 Å². The number of hydrogen-bond acceptors (Lipinski definition) is 1. The predicted molar refractivity (Wildman–Crippen MR) is 43.1 cm³/mol. The molecule has 0 saturated heterocycles. The van der Waals surface area contributed by atoms with Gasteiger partial charge >= 0.3 is 0 Å². The summed E-state index contributed by atoms with van der Waals surface area (Å²) in [6.45, 7) is 1.97. The van der Waals surface area contributed by atoms with Gasteiger partial charge in [-0.3, -0.25) is 4.79 Å². The van der Waals surface area contributed by atoms with Crippen molar-refractivity contribution in [1.29, 1.82) is 0 Å². The van der Waals surface area contributed by atoms with Gasteiger partial charge in [0.25, 0.3) is 0 Å². The molecule has 0 aromatic heterocycles. The van der Waals surface area contributed by atoms with E-state index in [1.165, 1.54) is 0 Å². The van der Waals surface area contributed by atoms with Gasteiger partial charge in [0.2, 0.25) is 0 Å². The normalized spacial score (nSPS) is 8.90. The lowest BCUT2D eigenvalue weighted by molar-refractivity contribution is 0.112. The molecule has 49 valence electrons. The van der Waals surface area contributed by atoms with Crippen molar-refractivity contribution in [3.8, 4) is 0 Å². The van der Waals surface area contributed by atoms with Crippen LogP contribution in [0.3, 0.4) is 0 Å². The summed E-state index contributed by atoms with van der Waals surface area (Å²) in [7, 11) is 1.99. The molecule has 1 radical (unpaired) electrons. The van der Waals surface area contributed by atoms with E-state index in [0.29, 0.717) is 0 Å². The summed E-state index contributed by atoms with van der Waals surface area (Å²) < 4.78 is 0. The van der Waals surface area contributed by atoms with Crippen molar-refractivity contribution in [2.45, 2.75) is 6.82 Å². The molecule has 0 saturated carbocycles. The highest BCUT2D eigenvalue weighted by atomic mass is 16.1. The Kier molecular flexibility index (Phi) is 2.27. The first-order valence-corrected chi connectivity index (χ1v) is 3.21. The lowest BCUT2D eigenvalue weighted by Gasteiger charge is -1.93. The van der Waals surface area contributed by atoms with Crippen LogP contribution in [0.2, 0.25) is 6.82 Å². The third-order valence-electron chi connectivity index (χ3n) is 1.41. The minimum absolute atomic E-state index is 0.727. The van der Waals surface area contributed by atoms with E-state index in [2.05, 4.69) is 0 Å². The van der Waals surface area contributed by atoms with Gasteiger partial charge in [0, 0.05) is 5.56 Å². The Bertz CT molecular complexity index is 215. The fourth-order valence-corrected chi connectivity index (χ4v) is 0.767. The molecule has 0 fully saturated rings. The first kappa shape index (κ1) is 7.07. The van der Waals surface area contributed by atoms with E-state index in [-0.39, 0.29) is 0 Å². The monoisotopic (exact) mass is 131 g/mol. The first-order chi connectivity index (χ1) is 4.86. The molecule has 0 unspecified atom stereocenters. The number of rotatable bonds is 2. The van der Waals surface area contributed by atoms with Gasteiger partial charge in [-0.15, -0.1) is 0 Å². The Hall–Kier alpha value is -1.05. The second-order valence-electron chi connectivity index (χ2n) is 2.07. The molecule has 0 spiro atoms. The fraction of sp³-hybridized carbons (Fsp3) is 0.125. The summed E-state index contributed by atoms with van der Waals surface area (Å²) in [5, 5.41) is 0. The molecule has 1 aromatic rings. The maximum atomic E-state index is 10.2. The van der Waals surface area contributed by atoms with E-state index >= 15 is 0 Å². The largest absolute Gasteiger partial charge is 0.298 e. The van der Waals surface area contributed by atoms with Crippen molar-refractivity contribution in [1.82, 2.24) is 0 Å². The van der Waals surface area contributed by atoms with Crippen molar-refractivity contribution in [2.24, 2.45) is 0 Å². The van der Waals surface area contributed by atoms with Crippen LogP contribution in [-0.2, 0) is 0 Å². The molecule has 0 aliphatic heterocycles. The highest BCUT2D eigenvalue weighted by Gasteiger charge is 1.89. The summed E-state index contributed by atoms with van der Waals surface area (Å²) in [4.78, 5) is 10.2. The molecule has 0 aliphatic rings. The second-order valence-corrected chi connectivity index (χ2v) is 2.07. The molecule has 2 heteroatoms. The molecule has 0 atom stereocenters. The zero-order valence-electron chi connectivity index (χ0n) is 5.87. The van der Waals surface area contributed by atoms with Crippen molar-refractivity contribution in [3.63, 3.8) is 0 Å². The van der Waals surface area contributed by atoms with Gasteiger partial charge in [0.05, 0.1) is 0 Å². The fourth-order valence-electron chi connectivity index (χ4n) is 0.767. The zero-order chi connectivity index (χ0) is 7.40. The van der Waals surface area contributed by atoms with E-state index in [9.17, 15) is 4.79 Å². The Morgan fingerprint density at radius 1 is 1.30 bits per heavy atom. The third kappa shape index (κ3) is 1.47. The topological polar surface area (TPSA) is 17.1 Å². The highest BCUT2D eigenvalue weighted by Crippen LogP contribution is 1.90. The van der Waals surface area contributed by atoms with Crippen molar-refractivity contribution in [3.05, 3.63) is 29.8 Å². The van der Waals surface area contributed by atoms with Gasteiger partial charge in [-0.2, -0.15) is 0 Å².